The van der Waals surface area contributed by atoms with Crippen molar-refractivity contribution in [1.82, 2.24) is 9.88 Å². The lowest BCUT2D eigenvalue weighted by Crippen LogP contribution is -2.49. The van der Waals surface area contributed by atoms with Crippen molar-refractivity contribution in [1.29, 1.82) is 0 Å². The van der Waals surface area contributed by atoms with Gasteiger partial charge in [0.1, 0.15) is 18.5 Å². The largest absolute Gasteiger partial charge is 0.491 e. The number of nitrogens with zero attached hydrogens (tertiary/aromatic N) is 2. The molecule has 0 bridgehead atoms. The molecule has 1 fully saturated rings. The number of aromatic amines is 1. The van der Waals surface area contributed by atoms with Crippen LogP contribution in [0.4, 0.5) is 5.69 Å². The summed E-state index contributed by atoms with van der Waals surface area (Å²) in [6.45, 7) is 6.86. The second-order valence-corrected chi connectivity index (χ2v) is 8.59. The number of rotatable bonds is 9. The van der Waals surface area contributed by atoms with Gasteiger partial charge in [-0.25, -0.2) is 0 Å². The molecular weight excluding hydrogens is 402 g/mol. The number of β-amino-alcohol motifs (C(OH)–C–C–N with tert-alkyl or cyclic N) is 1. The Kier molecular flexibility index (Phi) is 7.45. The normalized spacial score (nSPS) is 15.8. The summed E-state index contributed by atoms with van der Waals surface area (Å²) in [7, 11) is 0. The number of pyridine rings is 1. The van der Waals surface area contributed by atoms with Crippen LogP contribution in [0.25, 0.3) is 10.9 Å². The fraction of sp³-hybridized carbons (Fsp3) is 0.423. The molecule has 1 aliphatic heterocycles. The molecule has 0 saturated carbocycles. The SMILES string of the molecule is CCCCc1ccc(N2CCN(C[C@@H](O)COc3ccc4[nH]c(=O)ccc4c3)CC2)cc1. The summed E-state index contributed by atoms with van der Waals surface area (Å²) in [4.78, 5) is 18.9. The molecule has 3 aromatic rings. The first-order valence-corrected chi connectivity index (χ1v) is 11.6. The minimum atomic E-state index is -0.550. The molecule has 1 aromatic heterocycles. The number of hydrogen-bond donors (Lipinski definition) is 2. The van der Waals surface area contributed by atoms with Crippen LogP contribution in [0.2, 0.25) is 0 Å². The zero-order valence-corrected chi connectivity index (χ0v) is 18.8. The molecule has 170 valence electrons. The van der Waals surface area contributed by atoms with Crippen LogP contribution < -0.4 is 15.2 Å². The average molecular weight is 436 g/mol. The summed E-state index contributed by atoms with van der Waals surface area (Å²) >= 11 is 0. The van der Waals surface area contributed by atoms with Gasteiger partial charge in [0.2, 0.25) is 5.56 Å². The maximum atomic E-state index is 11.4. The van der Waals surface area contributed by atoms with E-state index in [1.54, 1.807) is 6.07 Å². The first kappa shape index (κ1) is 22.4. The molecule has 6 nitrogen and oxygen atoms in total. The van der Waals surface area contributed by atoms with Gasteiger partial charge < -0.3 is 19.7 Å². The third-order valence-corrected chi connectivity index (χ3v) is 6.10. The average Bonchev–Trinajstić information content (AvgIpc) is 2.82. The Morgan fingerprint density at radius 3 is 2.56 bits per heavy atom. The van der Waals surface area contributed by atoms with Gasteiger partial charge in [-0.1, -0.05) is 25.5 Å². The molecule has 32 heavy (non-hydrogen) atoms. The van der Waals surface area contributed by atoms with Crippen LogP contribution in [0.3, 0.4) is 0 Å². The number of nitrogens with one attached hydrogen (secondary N) is 1. The van der Waals surface area contributed by atoms with E-state index in [1.165, 1.54) is 30.2 Å². The van der Waals surface area contributed by atoms with Gasteiger partial charge in [-0.15, -0.1) is 0 Å². The Labute approximate surface area is 189 Å². The summed E-state index contributed by atoms with van der Waals surface area (Å²) in [5.41, 5.74) is 3.35. The van der Waals surface area contributed by atoms with Crippen molar-refractivity contribution in [2.24, 2.45) is 0 Å². The van der Waals surface area contributed by atoms with Gasteiger partial charge in [0, 0.05) is 55.4 Å². The maximum absolute atomic E-state index is 11.4. The highest BCUT2D eigenvalue weighted by molar-refractivity contribution is 5.79. The van der Waals surface area contributed by atoms with Crippen molar-refractivity contribution < 1.29 is 9.84 Å². The first-order chi connectivity index (χ1) is 15.6. The van der Waals surface area contributed by atoms with Crippen molar-refractivity contribution in [3.05, 3.63) is 70.5 Å². The van der Waals surface area contributed by atoms with Gasteiger partial charge in [-0.2, -0.15) is 0 Å². The van der Waals surface area contributed by atoms with E-state index in [-0.39, 0.29) is 12.2 Å². The second kappa shape index (κ2) is 10.7. The van der Waals surface area contributed by atoms with Crippen LogP contribution in [-0.4, -0.2) is 60.4 Å². The molecule has 0 aliphatic carbocycles. The zero-order valence-electron chi connectivity index (χ0n) is 18.8. The summed E-state index contributed by atoms with van der Waals surface area (Å²) in [6, 6.07) is 17.8. The number of H-pyrrole nitrogens is 1. The minimum Gasteiger partial charge on any atom is -0.491 e. The zero-order chi connectivity index (χ0) is 22.3. The van der Waals surface area contributed by atoms with Gasteiger partial charge in [0.05, 0.1) is 0 Å². The Morgan fingerprint density at radius 1 is 1.03 bits per heavy atom. The second-order valence-electron chi connectivity index (χ2n) is 8.59. The van der Waals surface area contributed by atoms with E-state index in [0.717, 1.165) is 43.5 Å². The van der Waals surface area contributed by atoms with Crippen LogP contribution in [-0.2, 0) is 6.42 Å². The highest BCUT2D eigenvalue weighted by atomic mass is 16.5. The number of anilines is 1. The van der Waals surface area contributed by atoms with Crippen LogP contribution >= 0.6 is 0 Å². The fourth-order valence-electron chi connectivity index (χ4n) is 4.21. The molecule has 1 saturated heterocycles. The van der Waals surface area contributed by atoms with E-state index in [4.69, 9.17) is 4.74 Å². The van der Waals surface area contributed by atoms with E-state index >= 15 is 0 Å². The van der Waals surface area contributed by atoms with Crippen LogP contribution in [0, 0.1) is 0 Å². The number of aliphatic hydroxyl groups is 1. The summed E-state index contributed by atoms with van der Waals surface area (Å²) < 4.78 is 5.80. The number of fused-ring (bicyclic) bond motifs is 1. The van der Waals surface area contributed by atoms with Gasteiger partial charge in [-0.3, -0.25) is 9.69 Å². The molecule has 1 atom stereocenters. The molecule has 0 radical (unpaired) electrons. The first-order valence-electron chi connectivity index (χ1n) is 11.6. The van der Waals surface area contributed by atoms with Gasteiger partial charge in [0.25, 0.3) is 0 Å². The van der Waals surface area contributed by atoms with Crippen LogP contribution in [0.15, 0.2) is 59.4 Å². The monoisotopic (exact) mass is 435 g/mol. The van der Waals surface area contributed by atoms with Crippen molar-refractivity contribution in [2.45, 2.75) is 32.3 Å². The quantitative estimate of drug-likeness (QED) is 0.539. The molecule has 0 amide bonds. The Hall–Kier alpha value is -2.83. The lowest BCUT2D eigenvalue weighted by atomic mass is 10.1. The van der Waals surface area contributed by atoms with Crippen LogP contribution in [0.5, 0.6) is 5.75 Å². The predicted octanol–water partition coefficient (Wildman–Crippen LogP) is 3.43. The Balaban J connectivity index is 1.22. The summed E-state index contributed by atoms with van der Waals surface area (Å²) in [5, 5.41) is 11.4. The molecule has 6 heteroatoms. The molecule has 2 aromatic carbocycles. The lowest BCUT2D eigenvalue weighted by Gasteiger charge is -2.37. The number of piperazine rings is 1. The van der Waals surface area contributed by atoms with Gasteiger partial charge in [-0.05, 0) is 54.8 Å². The van der Waals surface area contributed by atoms with Crippen LogP contribution in [0.1, 0.15) is 25.3 Å². The highest BCUT2D eigenvalue weighted by Crippen LogP contribution is 2.20. The number of aryl methyl sites for hydroxylation is 1. The fourth-order valence-corrected chi connectivity index (χ4v) is 4.21. The third-order valence-electron chi connectivity index (χ3n) is 6.10. The van der Waals surface area contributed by atoms with Crippen molar-refractivity contribution in [2.75, 3.05) is 44.2 Å². The van der Waals surface area contributed by atoms with E-state index in [2.05, 4.69) is 46.0 Å². The number of aromatic nitrogens is 1. The van der Waals surface area contributed by atoms with E-state index in [9.17, 15) is 9.90 Å². The highest BCUT2D eigenvalue weighted by Gasteiger charge is 2.20. The molecule has 2 heterocycles. The lowest BCUT2D eigenvalue weighted by molar-refractivity contribution is 0.0663. The Morgan fingerprint density at radius 2 is 1.81 bits per heavy atom. The number of ether oxygens (including phenoxy) is 1. The van der Waals surface area contributed by atoms with Gasteiger partial charge >= 0.3 is 0 Å². The number of aliphatic hydroxyl groups excluding tert-OH is 1. The summed E-state index contributed by atoms with van der Waals surface area (Å²) in [5.74, 6) is 0.691. The molecule has 1 aliphatic rings. The maximum Gasteiger partial charge on any atom is 0.248 e. The van der Waals surface area contributed by atoms with Crippen molar-refractivity contribution in [3.8, 4) is 5.75 Å². The van der Waals surface area contributed by atoms with E-state index < -0.39 is 6.10 Å². The standard InChI is InChI=1S/C26H33N3O3/c1-2-3-4-20-5-8-22(9-6-20)29-15-13-28(14-16-29)18-23(30)19-32-24-10-11-25-21(17-24)7-12-26(31)27-25/h5-12,17,23,30H,2-4,13-16,18-19H2,1H3,(H,27,31)/t23-/m1/s1. The molecule has 0 unspecified atom stereocenters. The molecule has 0 spiro atoms. The third kappa shape index (κ3) is 5.90. The number of unbranched alkanes of at least 4 members (excludes halogenated alkanes) is 1. The van der Waals surface area contributed by atoms with Crippen molar-refractivity contribution in [3.63, 3.8) is 0 Å². The van der Waals surface area contributed by atoms with Gasteiger partial charge in [0.15, 0.2) is 0 Å². The minimum absolute atomic E-state index is 0.120. The molecule has 2 N–H and O–H groups in total. The van der Waals surface area contributed by atoms with E-state index in [1.807, 2.05) is 18.2 Å². The summed E-state index contributed by atoms with van der Waals surface area (Å²) in [6.07, 6.45) is 3.07. The van der Waals surface area contributed by atoms with Crippen molar-refractivity contribution >= 4 is 16.6 Å². The smallest absolute Gasteiger partial charge is 0.248 e. The number of benzene rings is 2. The predicted molar refractivity (Wildman–Crippen MR) is 130 cm³/mol. The molecular formula is C26H33N3O3. The Bertz CT molecular complexity index is 1060. The van der Waals surface area contributed by atoms with E-state index in [0.29, 0.717) is 12.3 Å². The molecule has 4 rings (SSSR count). The number of hydrogen-bond acceptors (Lipinski definition) is 5. The topological polar surface area (TPSA) is 68.8 Å².